The largest absolute Gasteiger partial charge is 0.489 e. The fourth-order valence-corrected chi connectivity index (χ4v) is 11.4. The number of piperidine rings is 2. The summed E-state index contributed by atoms with van der Waals surface area (Å²) in [6, 6.07) is 15.8. The van der Waals surface area contributed by atoms with E-state index in [1.807, 2.05) is 12.1 Å². The molecule has 0 spiro atoms. The molecule has 3 aromatic rings. The van der Waals surface area contributed by atoms with Crippen LogP contribution >= 0.6 is 11.6 Å². The maximum Gasteiger partial charge on any atom is 0.272 e. The molecule has 1 aromatic heterocycles. The van der Waals surface area contributed by atoms with Gasteiger partial charge in [-0.05, 0) is 80.5 Å². The minimum Gasteiger partial charge on any atom is -0.489 e. The van der Waals surface area contributed by atoms with Gasteiger partial charge in [-0.1, -0.05) is 39.3 Å². The van der Waals surface area contributed by atoms with Gasteiger partial charge in [0.25, 0.3) is 17.7 Å². The van der Waals surface area contributed by atoms with Crippen LogP contribution in [0.25, 0.3) is 0 Å². The number of carbonyl (C=O) groups is 5. The Labute approximate surface area is 359 Å². The number of aromatic nitrogens is 2. The van der Waals surface area contributed by atoms with Crippen LogP contribution in [0.15, 0.2) is 48.5 Å². The molecule has 15 nitrogen and oxygen atoms in total. The number of nitrogens with one attached hydrogen (secondary N) is 2. The fraction of sp³-hybridized carbons (Fsp3) is 0.511. The Bertz CT molecular complexity index is 2330. The molecular formula is C45H50ClN9O6. The second-order valence-corrected chi connectivity index (χ2v) is 19.1. The van der Waals surface area contributed by atoms with Crippen molar-refractivity contribution in [3.63, 3.8) is 0 Å². The van der Waals surface area contributed by atoms with Crippen LogP contribution in [0.1, 0.15) is 103 Å². The molecule has 2 bridgehead atoms. The maximum atomic E-state index is 13.5. The van der Waals surface area contributed by atoms with Gasteiger partial charge in [0.1, 0.15) is 24.0 Å². The standard InChI is InChI=1S/C45H50ClN9O6/c1-44(2)42(45(3,4)43(44)61-30-9-5-26(21-47)33(46)20-30)49-38(57)34-11-13-36(51-50-34)52-17-15-25(16-18-52)22-54-28-6-7-29(54)24-53(23-28)27-8-10-31-32(19-27)41(60)55(40(31)59)35-12-14-37(56)48-39(35)58/h5,8-11,13,19-20,25,28-29,35,42-43H,6-7,12,14-18,22-24H2,1-4H3,(H,49,57)(H,48,56,58). The third-order valence-corrected chi connectivity index (χ3v) is 14.5. The highest BCUT2D eigenvalue weighted by atomic mass is 35.5. The fourth-order valence-electron chi connectivity index (χ4n) is 11.2. The average Bonchev–Trinajstić information content (AvgIpc) is 3.61. The van der Waals surface area contributed by atoms with E-state index in [1.54, 1.807) is 36.4 Å². The van der Waals surface area contributed by atoms with Gasteiger partial charge in [-0.2, -0.15) is 5.26 Å². The Morgan fingerprint density at radius 2 is 1.59 bits per heavy atom. The Kier molecular flexibility index (Phi) is 10.3. The SMILES string of the molecule is CC1(C)C(NC(=O)c2ccc(N3CCC(CN4C5CCC4CN(c4ccc6c(c4)C(=O)N(C4CCC(=O)NC4=O)C6=O)C5)CC3)nn2)C(C)(C)C1Oc1ccc(C#N)c(Cl)c1. The van der Waals surface area contributed by atoms with Gasteiger partial charge in [-0.25, -0.2) is 0 Å². The second-order valence-electron chi connectivity index (χ2n) is 18.7. The number of halogens is 1. The van der Waals surface area contributed by atoms with Gasteiger partial charge in [-0.15, -0.1) is 10.2 Å². The number of benzene rings is 2. The Hall–Kier alpha value is -5.59. The van der Waals surface area contributed by atoms with Crippen molar-refractivity contribution in [2.24, 2.45) is 16.7 Å². The topological polar surface area (TPSA) is 181 Å². The van der Waals surface area contributed by atoms with E-state index in [0.717, 1.165) is 74.8 Å². The molecule has 0 radical (unpaired) electrons. The number of anilines is 2. The van der Waals surface area contributed by atoms with Crippen LogP contribution in [-0.2, 0) is 9.59 Å². The summed E-state index contributed by atoms with van der Waals surface area (Å²) in [7, 11) is 0. The lowest BCUT2D eigenvalue weighted by Crippen LogP contribution is -2.74. The first-order valence-corrected chi connectivity index (χ1v) is 21.6. The van der Waals surface area contributed by atoms with E-state index in [9.17, 15) is 29.2 Å². The lowest BCUT2D eigenvalue weighted by Gasteiger charge is -2.63. The Morgan fingerprint density at radius 3 is 2.23 bits per heavy atom. The summed E-state index contributed by atoms with van der Waals surface area (Å²) in [6.07, 6.45) is 4.28. The highest BCUT2D eigenvalue weighted by molar-refractivity contribution is 6.31. The summed E-state index contributed by atoms with van der Waals surface area (Å²) in [6.45, 7) is 12.7. The molecule has 3 atom stereocenters. The van der Waals surface area contributed by atoms with Crippen LogP contribution in [0.5, 0.6) is 5.75 Å². The number of hydrogen-bond acceptors (Lipinski definition) is 12. The summed E-state index contributed by atoms with van der Waals surface area (Å²) < 4.78 is 6.37. The van der Waals surface area contributed by atoms with Gasteiger partial charge in [0.15, 0.2) is 11.5 Å². The number of ether oxygens (including phenoxy) is 1. The lowest BCUT2D eigenvalue weighted by atomic mass is 9.49. The number of nitriles is 1. The van der Waals surface area contributed by atoms with Crippen LogP contribution in [0.4, 0.5) is 11.5 Å². The zero-order valence-electron chi connectivity index (χ0n) is 34.8. The van der Waals surface area contributed by atoms with Gasteiger partial charge in [0.2, 0.25) is 11.8 Å². The van der Waals surface area contributed by atoms with Gasteiger partial charge in [0.05, 0.1) is 21.7 Å². The summed E-state index contributed by atoms with van der Waals surface area (Å²) in [5.74, 6) is -0.375. The van der Waals surface area contributed by atoms with Crippen molar-refractivity contribution < 1.29 is 28.7 Å². The summed E-state index contributed by atoms with van der Waals surface area (Å²) in [5.41, 5.74) is 1.36. The second kappa shape index (κ2) is 15.4. The number of imide groups is 2. The predicted molar refractivity (Wildman–Crippen MR) is 225 cm³/mol. The zero-order chi connectivity index (χ0) is 43.0. The van der Waals surface area contributed by atoms with Crippen molar-refractivity contribution >= 4 is 52.6 Å². The van der Waals surface area contributed by atoms with Crippen LogP contribution < -0.4 is 25.2 Å². The Balaban J connectivity index is 0.759. The van der Waals surface area contributed by atoms with Gasteiger partial charge < -0.3 is 19.9 Å². The molecule has 5 amide bonds. The summed E-state index contributed by atoms with van der Waals surface area (Å²) >= 11 is 6.25. The van der Waals surface area contributed by atoms with Crippen molar-refractivity contribution in [2.45, 2.75) is 96.5 Å². The average molecular weight is 848 g/mol. The van der Waals surface area contributed by atoms with E-state index >= 15 is 0 Å². The van der Waals surface area contributed by atoms with Gasteiger partial charge >= 0.3 is 0 Å². The molecule has 2 aromatic carbocycles. The van der Waals surface area contributed by atoms with Crippen molar-refractivity contribution in [1.82, 2.24) is 30.6 Å². The molecule has 318 valence electrons. The van der Waals surface area contributed by atoms with Crippen molar-refractivity contribution in [2.75, 3.05) is 42.5 Å². The maximum absolute atomic E-state index is 13.5. The molecule has 1 saturated carbocycles. The van der Waals surface area contributed by atoms with Crippen molar-refractivity contribution in [3.05, 3.63) is 75.9 Å². The third kappa shape index (κ3) is 7.17. The monoisotopic (exact) mass is 847 g/mol. The van der Waals surface area contributed by atoms with Crippen LogP contribution in [0.3, 0.4) is 0 Å². The van der Waals surface area contributed by atoms with Crippen LogP contribution in [0.2, 0.25) is 5.02 Å². The van der Waals surface area contributed by atoms with E-state index in [4.69, 9.17) is 16.3 Å². The highest BCUT2D eigenvalue weighted by Gasteiger charge is 2.64. The van der Waals surface area contributed by atoms with Crippen LogP contribution in [0, 0.1) is 28.1 Å². The molecule has 2 N–H and O–H groups in total. The third-order valence-electron chi connectivity index (χ3n) is 14.1. The number of hydrogen-bond donors (Lipinski definition) is 2. The predicted octanol–water partition coefficient (Wildman–Crippen LogP) is 4.58. The molecule has 5 aliphatic heterocycles. The molecular weight excluding hydrogens is 798 g/mol. The first-order chi connectivity index (χ1) is 29.1. The molecule has 5 fully saturated rings. The smallest absolute Gasteiger partial charge is 0.272 e. The van der Waals surface area contributed by atoms with Crippen molar-refractivity contribution in [3.8, 4) is 11.8 Å². The molecule has 3 unspecified atom stereocenters. The normalized spacial score (nSPS) is 27.0. The van der Waals surface area contributed by atoms with E-state index in [1.165, 1.54) is 0 Å². The first-order valence-electron chi connectivity index (χ1n) is 21.3. The quantitative estimate of drug-likeness (QED) is 0.287. The number of fused-ring (bicyclic) bond motifs is 3. The van der Waals surface area contributed by atoms with Gasteiger partial charge in [-0.3, -0.25) is 39.1 Å². The van der Waals surface area contributed by atoms with E-state index in [-0.39, 0.29) is 36.6 Å². The summed E-state index contributed by atoms with van der Waals surface area (Å²) in [5, 5.41) is 23.8. The van der Waals surface area contributed by atoms with Gasteiger partial charge in [0, 0.05) is 79.9 Å². The molecule has 1 aliphatic carbocycles. The number of piperazine rings is 1. The molecule has 6 aliphatic rings. The molecule has 9 rings (SSSR count). The minimum atomic E-state index is -0.981. The Morgan fingerprint density at radius 1 is 0.885 bits per heavy atom. The number of nitrogens with zero attached hydrogens (tertiary/aromatic N) is 7. The van der Waals surface area contributed by atoms with Crippen LogP contribution in [-0.4, -0.2) is 113 Å². The van der Waals surface area contributed by atoms with E-state index < -0.39 is 40.5 Å². The highest BCUT2D eigenvalue weighted by Crippen LogP contribution is 2.55. The molecule has 16 heteroatoms. The van der Waals surface area contributed by atoms with E-state index in [0.29, 0.717) is 45.5 Å². The lowest BCUT2D eigenvalue weighted by molar-refractivity contribution is -0.164. The van der Waals surface area contributed by atoms with Crippen molar-refractivity contribution in [1.29, 1.82) is 5.26 Å². The molecule has 6 heterocycles. The first kappa shape index (κ1) is 40.8. The minimum absolute atomic E-state index is 0.0876. The zero-order valence-corrected chi connectivity index (χ0v) is 35.6. The summed E-state index contributed by atoms with van der Waals surface area (Å²) in [4.78, 5) is 72.6. The van der Waals surface area contributed by atoms with E-state index in [2.05, 4.69) is 69.3 Å². The molecule has 4 saturated heterocycles. The molecule has 61 heavy (non-hydrogen) atoms. The number of amides is 5. The number of rotatable bonds is 9. The number of carbonyl (C=O) groups excluding carboxylic acids is 5.